The summed E-state index contributed by atoms with van der Waals surface area (Å²) in [5.74, 6) is 0.974. The van der Waals surface area contributed by atoms with Crippen LogP contribution in [0.3, 0.4) is 0 Å². The first-order chi connectivity index (χ1) is 12.8. The Balaban J connectivity index is 1.45. The maximum absolute atomic E-state index is 12.0. The molecule has 5 nitrogen and oxygen atoms in total. The van der Waals surface area contributed by atoms with Gasteiger partial charge in [0, 0.05) is 0 Å². The number of carbonyl (C=O) groups excluding carboxylic acids is 1. The van der Waals surface area contributed by atoms with Gasteiger partial charge in [-0.15, -0.1) is 22.7 Å². The number of rotatable bonds is 7. The van der Waals surface area contributed by atoms with E-state index < -0.39 is 0 Å². The fraction of sp³-hybridized carbons (Fsp3) is 0.111. The van der Waals surface area contributed by atoms with Crippen LogP contribution in [0, 0.1) is 0 Å². The van der Waals surface area contributed by atoms with Gasteiger partial charge in [-0.1, -0.05) is 23.9 Å². The summed E-state index contributed by atoms with van der Waals surface area (Å²) in [6, 6.07) is 11.8. The molecule has 0 aromatic carbocycles. The van der Waals surface area contributed by atoms with E-state index in [9.17, 15) is 4.79 Å². The SMILES string of the molecule is O=C(CSc1nc(-c2cccs2)c(-c2cccs2)[nH]1)NCc1ccco1. The van der Waals surface area contributed by atoms with Gasteiger partial charge in [0.15, 0.2) is 5.16 Å². The van der Waals surface area contributed by atoms with E-state index in [1.165, 1.54) is 11.8 Å². The van der Waals surface area contributed by atoms with E-state index in [0.29, 0.717) is 12.3 Å². The van der Waals surface area contributed by atoms with Crippen molar-refractivity contribution in [3.8, 4) is 21.1 Å². The van der Waals surface area contributed by atoms with Crippen LogP contribution in [0.15, 0.2) is 63.0 Å². The van der Waals surface area contributed by atoms with E-state index >= 15 is 0 Å². The lowest BCUT2D eigenvalue weighted by atomic mass is 10.2. The second-order valence-corrected chi connectivity index (χ2v) is 8.22. The van der Waals surface area contributed by atoms with E-state index in [1.54, 1.807) is 35.0 Å². The van der Waals surface area contributed by atoms with Crippen molar-refractivity contribution in [1.29, 1.82) is 0 Å². The average Bonchev–Trinajstić information content (AvgIpc) is 3.44. The van der Waals surface area contributed by atoms with Crippen molar-refractivity contribution in [2.24, 2.45) is 0 Å². The predicted molar refractivity (Wildman–Crippen MR) is 106 cm³/mol. The number of thioether (sulfide) groups is 1. The lowest BCUT2D eigenvalue weighted by molar-refractivity contribution is -0.118. The number of nitrogens with one attached hydrogen (secondary N) is 2. The summed E-state index contributed by atoms with van der Waals surface area (Å²) in [6.07, 6.45) is 1.59. The number of aromatic nitrogens is 2. The van der Waals surface area contributed by atoms with Gasteiger partial charge in [-0.2, -0.15) is 0 Å². The minimum atomic E-state index is -0.0573. The van der Waals surface area contributed by atoms with E-state index in [1.807, 2.05) is 29.0 Å². The van der Waals surface area contributed by atoms with Crippen LogP contribution in [0.25, 0.3) is 21.1 Å². The molecule has 1 amide bonds. The Morgan fingerprint density at radius 1 is 1.15 bits per heavy atom. The number of H-pyrrole nitrogens is 1. The molecule has 0 bridgehead atoms. The van der Waals surface area contributed by atoms with Gasteiger partial charge >= 0.3 is 0 Å². The normalized spacial score (nSPS) is 10.9. The zero-order valence-corrected chi connectivity index (χ0v) is 16.0. The number of nitrogens with zero attached hydrogens (tertiary/aromatic N) is 1. The van der Waals surface area contributed by atoms with Gasteiger partial charge in [-0.25, -0.2) is 4.98 Å². The van der Waals surface area contributed by atoms with Gasteiger partial charge in [0.1, 0.15) is 11.5 Å². The van der Waals surface area contributed by atoms with Crippen molar-refractivity contribution in [1.82, 2.24) is 15.3 Å². The Morgan fingerprint density at radius 3 is 2.65 bits per heavy atom. The third-order valence-corrected chi connectivity index (χ3v) is 6.22. The molecule has 0 fully saturated rings. The first-order valence-corrected chi connectivity index (χ1v) is 10.6. The second kappa shape index (κ2) is 7.94. The molecule has 4 rings (SSSR count). The molecule has 0 radical (unpaired) electrons. The van der Waals surface area contributed by atoms with Gasteiger partial charge in [-0.3, -0.25) is 4.79 Å². The number of aromatic amines is 1. The highest BCUT2D eigenvalue weighted by atomic mass is 32.2. The molecule has 0 aliphatic carbocycles. The van der Waals surface area contributed by atoms with Crippen molar-refractivity contribution in [2.75, 3.05) is 5.75 Å². The van der Waals surface area contributed by atoms with Crippen molar-refractivity contribution in [2.45, 2.75) is 11.7 Å². The van der Waals surface area contributed by atoms with Gasteiger partial charge in [-0.05, 0) is 35.0 Å². The van der Waals surface area contributed by atoms with Crippen LogP contribution in [0.2, 0.25) is 0 Å². The third kappa shape index (κ3) is 3.92. The molecule has 0 saturated heterocycles. The van der Waals surface area contributed by atoms with Crippen LogP contribution in [-0.2, 0) is 11.3 Å². The van der Waals surface area contributed by atoms with Crippen molar-refractivity contribution < 1.29 is 9.21 Å². The number of carbonyl (C=O) groups is 1. The largest absolute Gasteiger partial charge is 0.467 e. The van der Waals surface area contributed by atoms with E-state index in [4.69, 9.17) is 9.40 Å². The Labute approximate surface area is 162 Å². The van der Waals surface area contributed by atoms with Crippen molar-refractivity contribution >= 4 is 40.3 Å². The van der Waals surface area contributed by atoms with Gasteiger partial charge in [0.05, 0.1) is 34.0 Å². The highest BCUT2D eigenvalue weighted by Crippen LogP contribution is 2.36. The highest BCUT2D eigenvalue weighted by Gasteiger charge is 2.16. The average molecular weight is 402 g/mol. The zero-order chi connectivity index (χ0) is 17.8. The van der Waals surface area contributed by atoms with Crippen molar-refractivity contribution in [3.63, 3.8) is 0 Å². The maximum atomic E-state index is 12.0. The van der Waals surface area contributed by atoms with Crippen LogP contribution < -0.4 is 5.32 Å². The summed E-state index contributed by atoms with van der Waals surface area (Å²) >= 11 is 4.72. The maximum Gasteiger partial charge on any atom is 0.230 e. The smallest absolute Gasteiger partial charge is 0.230 e. The molecule has 0 aliphatic rings. The quantitative estimate of drug-likeness (QED) is 0.434. The fourth-order valence-electron chi connectivity index (χ4n) is 2.39. The van der Waals surface area contributed by atoms with E-state index in [2.05, 4.69) is 22.4 Å². The zero-order valence-electron chi connectivity index (χ0n) is 13.6. The van der Waals surface area contributed by atoms with E-state index in [0.717, 1.165) is 32.1 Å². The standard InChI is InChI=1S/C18H15N3O2S3/c22-15(19-10-12-4-1-7-23-12)11-26-18-20-16(13-5-2-8-24-13)17(21-18)14-6-3-9-25-14/h1-9H,10-11H2,(H,19,22)(H,20,21). The summed E-state index contributed by atoms with van der Waals surface area (Å²) in [5.41, 5.74) is 1.93. The molecule has 4 aromatic rings. The lowest BCUT2D eigenvalue weighted by Crippen LogP contribution is -2.24. The minimum Gasteiger partial charge on any atom is -0.467 e. The van der Waals surface area contributed by atoms with Gasteiger partial charge < -0.3 is 14.7 Å². The number of imidazole rings is 1. The molecule has 0 spiro atoms. The summed E-state index contributed by atoms with van der Waals surface area (Å²) < 4.78 is 5.21. The molecule has 4 heterocycles. The molecule has 2 N–H and O–H groups in total. The summed E-state index contributed by atoms with van der Waals surface area (Å²) in [4.78, 5) is 22.4. The Kier molecular flexibility index (Phi) is 5.24. The highest BCUT2D eigenvalue weighted by molar-refractivity contribution is 7.99. The van der Waals surface area contributed by atoms with E-state index in [-0.39, 0.29) is 5.91 Å². The van der Waals surface area contributed by atoms with Gasteiger partial charge in [0.25, 0.3) is 0 Å². The second-order valence-electron chi connectivity index (χ2n) is 5.36. The molecular weight excluding hydrogens is 386 g/mol. The van der Waals surface area contributed by atoms with Crippen molar-refractivity contribution in [3.05, 3.63) is 59.2 Å². The Morgan fingerprint density at radius 2 is 1.96 bits per heavy atom. The molecule has 8 heteroatoms. The van der Waals surface area contributed by atoms with Crippen LogP contribution in [-0.4, -0.2) is 21.6 Å². The molecule has 0 unspecified atom stereocenters. The molecule has 4 aromatic heterocycles. The first-order valence-electron chi connectivity index (χ1n) is 7.89. The summed E-state index contributed by atoms with van der Waals surface area (Å²) in [5, 5.41) is 7.67. The summed E-state index contributed by atoms with van der Waals surface area (Å²) in [7, 11) is 0. The molecule has 0 aliphatic heterocycles. The number of hydrogen-bond donors (Lipinski definition) is 2. The number of amides is 1. The number of thiophene rings is 2. The minimum absolute atomic E-state index is 0.0573. The molecule has 132 valence electrons. The number of furan rings is 1. The monoisotopic (exact) mass is 401 g/mol. The number of hydrogen-bond acceptors (Lipinski definition) is 6. The lowest BCUT2D eigenvalue weighted by Gasteiger charge is -2.01. The van der Waals surface area contributed by atoms with Gasteiger partial charge in [0.2, 0.25) is 5.91 Å². The Bertz CT molecular complexity index is 906. The molecule has 0 saturated carbocycles. The molecular formula is C18H15N3O2S3. The first kappa shape index (κ1) is 17.1. The van der Waals surface area contributed by atoms with Crippen LogP contribution in [0.5, 0.6) is 0 Å². The molecule has 0 atom stereocenters. The molecule has 26 heavy (non-hydrogen) atoms. The predicted octanol–water partition coefficient (Wildman–Crippen LogP) is 4.87. The van der Waals surface area contributed by atoms with Crippen LogP contribution in [0.1, 0.15) is 5.76 Å². The fourth-order valence-corrected chi connectivity index (χ4v) is 4.54. The summed E-state index contributed by atoms with van der Waals surface area (Å²) in [6.45, 7) is 0.394. The Hall–Kier alpha value is -2.29. The van der Waals surface area contributed by atoms with Crippen LogP contribution >= 0.6 is 34.4 Å². The topological polar surface area (TPSA) is 70.9 Å². The third-order valence-electron chi connectivity index (χ3n) is 3.58. The van der Waals surface area contributed by atoms with Crippen LogP contribution in [0.4, 0.5) is 0 Å².